The molecule has 4 nitrogen and oxygen atoms in total. The van der Waals surface area contributed by atoms with E-state index in [4.69, 9.17) is 9.84 Å². The molecule has 0 unspecified atom stereocenters. The van der Waals surface area contributed by atoms with Crippen LogP contribution in [0.2, 0.25) is 0 Å². The van der Waals surface area contributed by atoms with E-state index in [9.17, 15) is 4.79 Å². The third-order valence-corrected chi connectivity index (χ3v) is 1.38. The molecule has 13 heavy (non-hydrogen) atoms. The summed E-state index contributed by atoms with van der Waals surface area (Å²) in [6.07, 6.45) is 1.25. The van der Waals surface area contributed by atoms with Gasteiger partial charge in [0.2, 0.25) is 0 Å². The Morgan fingerprint density at radius 2 is 2.38 bits per heavy atom. The van der Waals surface area contributed by atoms with Crippen molar-refractivity contribution in [1.82, 2.24) is 0 Å². The predicted molar refractivity (Wildman–Crippen MR) is 48.4 cm³/mol. The van der Waals surface area contributed by atoms with Crippen molar-refractivity contribution in [2.75, 3.05) is 7.05 Å². The molecule has 1 N–H and O–H groups in total. The lowest BCUT2D eigenvalue weighted by Gasteiger charge is -1.99. The van der Waals surface area contributed by atoms with Gasteiger partial charge in [-0.3, -0.25) is 4.99 Å². The van der Waals surface area contributed by atoms with Crippen LogP contribution in [0.15, 0.2) is 29.3 Å². The first kappa shape index (κ1) is 9.25. The van der Waals surface area contributed by atoms with E-state index in [1.807, 2.05) is 0 Å². The fraction of sp³-hybridized carbons (Fsp3) is 0.111. The van der Waals surface area contributed by atoms with Crippen LogP contribution in [0.1, 0.15) is 10.4 Å². The van der Waals surface area contributed by atoms with Gasteiger partial charge in [0.15, 0.2) is 6.40 Å². The maximum Gasteiger partial charge on any atom is 0.335 e. The summed E-state index contributed by atoms with van der Waals surface area (Å²) in [4.78, 5) is 14.1. The first-order valence-corrected chi connectivity index (χ1v) is 3.64. The third kappa shape index (κ3) is 2.59. The van der Waals surface area contributed by atoms with Gasteiger partial charge in [-0.05, 0) is 18.2 Å². The lowest BCUT2D eigenvalue weighted by molar-refractivity contribution is 0.0696. The van der Waals surface area contributed by atoms with Crippen LogP contribution < -0.4 is 4.74 Å². The highest BCUT2D eigenvalue weighted by Gasteiger charge is 2.02. The highest BCUT2D eigenvalue weighted by molar-refractivity contribution is 5.88. The first-order chi connectivity index (χ1) is 6.24. The molecule has 4 heteroatoms. The molecule has 0 bridgehead atoms. The number of carboxylic acid groups (broad SMARTS) is 1. The molecule has 0 amide bonds. The van der Waals surface area contributed by atoms with E-state index >= 15 is 0 Å². The number of ether oxygens (including phenoxy) is 1. The molecule has 68 valence electrons. The van der Waals surface area contributed by atoms with Crippen molar-refractivity contribution >= 4 is 12.4 Å². The van der Waals surface area contributed by atoms with Gasteiger partial charge < -0.3 is 9.84 Å². The van der Waals surface area contributed by atoms with Gasteiger partial charge >= 0.3 is 5.97 Å². The number of carbonyl (C=O) groups is 1. The van der Waals surface area contributed by atoms with Gasteiger partial charge in [0.05, 0.1) is 5.56 Å². The van der Waals surface area contributed by atoms with E-state index in [1.54, 1.807) is 19.2 Å². The lowest BCUT2D eigenvalue weighted by atomic mass is 10.2. The number of rotatable bonds is 3. The van der Waals surface area contributed by atoms with Crippen molar-refractivity contribution in [3.63, 3.8) is 0 Å². The highest BCUT2D eigenvalue weighted by Crippen LogP contribution is 2.12. The fourth-order valence-corrected chi connectivity index (χ4v) is 0.816. The Morgan fingerprint density at radius 1 is 1.62 bits per heavy atom. The van der Waals surface area contributed by atoms with Crippen molar-refractivity contribution < 1.29 is 14.6 Å². The maximum absolute atomic E-state index is 10.5. The number of hydrogen-bond donors (Lipinski definition) is 1. The average Bonchev–Trinajstić information content (AvgIpc) is 2.15. The molecule has 1 rings (SSSR count). The zero-order valence-electron chi connectivity index (χ0n) is 7.10. The summed E-state index contributed by atoms with van der Waals surface area (Å²) < 4.78 is 4.99. The molecule has 0 fully saturated rings. The van der Waals surface area contributed by atoms with Crippen LogP contribution in [-0.2, 0) is 0 Å². The second-order valence-electron chi connectivity index (χ2n) is 2.31. The molecule has 0 aromatic heterocycles. The number of carboxylic acids is 1. The molecule has 1 aromatic carbocycles. The number of aliphatic imine (C=N–C) groups is 1. The molecule has 0 radical (unpaired) electrons. The van der Waals surface area contributed by atoms with E-state index in [0.29, 0.717) is 5.75 Å². The van der Waals surface area contributed by atoms with Crippen LogP contribution in [-0.4, -0.2) is 24.5 Å². The van der Waals surface area contributed by atoms with Crippen LogP contribution in [0.3, 0.4) is 0 Å². The molecule has 0 heterocycles. The molecule has 0 aliphatic carbocycles. The summed E-state index contributed by atoms with van der Waals surface area (Å²) in [7, 11) is 1.57. The molecule has 0 aliphatic rings. The zero-order chi connectivity index (χ0) is 9.68. The highest BCUT2D eigenvalue weighted by atomic mass is 16.5. The Kier molecular flexibility index (Phi) is 3.03. The van der Waals surface area contributed by atoms with Crippen molar-refractivity contribution in [3.8, 4) is 5.75 Å². The van der Waals surface area contributed by atoms with Gasteiger partial charge in [0.1, 0.15) is 5.75 Å². The Hall–Kier alpha value is -1.84. The molecular weight excluding hydrogens is 170 g/mol. The first-order valence-electron chi connectivity index (χ1n) is 3.64. The number of benzene rings is 1. The Morgan fingerprint density at radius 3 is 3.00 bits per heavy atom. The van der Waals surface area contributed by atoms with E-state index in [2.05, 4.69) is 4.99 Å². The Labute approximate surface area is 75.5 Å². The average molecular weight is 179 g/mol. The summed E-state index contributed by atoms with van der Waals surface area (Å²) in [5.74, 6) is -0.510. The monoisotopic (exact) mass is 179 g/mol. The zero-order valence-corrected chi connectivity index (χ0v) is 7.10. The third-order valence-electron chi connectivity index (χ3n) is 1.38. The number of hydrogen-bond acceptors (Lipinski definition) is 3. The summed E-state index contributed by atoms with van der Waals surface area (Å²) in [6, 6.07) is 6.21. The second-order valence-corrected chi connectivity index (χ2v) is 2.31. The standard InChI is InChI=1S/C9H9NO3/c1-10-6-13-8-4-2-3-7(5-8)9(11)12/h2-6H,1H3,(H,11,12). The summed E-state index contributed by atoms with van der Waals surface area (Å²) in [5.41, 5.74) is 0.196. The van der Waals surface area contributed by atoms with Gasteiger partial charge in [-0.25, -0.2) is 4.79 Å². The van der Waals surface area contributed by atoms with Gasteiger partial charge in [0.25, 0.3) is 0 Å². The molecule has 1 aromatic rings. The summed E-state index contributed by atoms with van der Waals surface area (Å²) in [5, 5.41) is 8.65. The minimum absolute atomic E-state index is 0.196. The normalized spacial score (nSPS) is 10.2. The molecular formula is C9H9NO3. The minimum Gasteiger partial charge on any atom is -0.478 e. The quantitative estimate of drug-likeness (QED) is 0.564. The van der Waals surface area contributed by atoms with Crippen LogP contribution in [0.5, 0.6) is 5.75 Å². The van der Waals surface area contributed by atoms with Crippen LogP contribution >= 0.6 is 0 Å². The maximum atomic E-state index is 10.5. The van der Waals surface area contributed by atoms with E-state index in [-0.39, 0.29) is 5.56 Å². The number of aromatic carboxylic acids is 1. The van der Waals surface area contributed by atoms with Crippen LogP contribution in [0, 0.1) is 0 Å². The van der Waals surface area contributed by atoms with Gasteiger partial charge in [-0.1, -0.05) is 6.07 Å². The van der Waals surface area contributed by atoms with Crippen molar-refractivity contribution in [1.29, 1.82) is 0 Å². The predicted octanol–water partition coefficient (Wildman–Crippen LogP) is 1.42. The SMILES string of the molecule is CN=COc1cccc(C(=O)O)c1. The fourth-order valence-electron chi connectivity index (χ4n) is 0.816. The minimum atomic E-state index is -0.973. The second kappa shape index (κ2) is 4.25. The number of nitrogens with zero attached hydrogens (tertiary/aromatic N) is 1. The van der Waals surface area contributed by atoms with E-state index in [0.717, 1.165) is 0 Å². The van der Waals surface area contributed by atoms with Gasteiger partial charge in [-0.15, -0.1) is 0 Å². The summed E-state index contributed by atoms with van der Waals surface area (Å²) >= 11 is 0. The lowest BCUT2D eigenvalue weighted by Crippen LogP contribution is -1.97. The molecule has 0 saturated heterocycles. The van der Waals surface area contributed by atoms with Crippen molar-refractivity contribution in [3.05, 3.63) is 29.8 Å². The van der Waals surface area contributed by atoms with Crippen molar-refractivity contribution in [2.45, 2.75) is 0 Å². The Bertz CT molecular complexity index is 333. The molecule has 0 aliphatic heterocycles. The summed E-state index contributed by atoms with van der Waals surface area (Å²) in [6.45, 7) is 0. The topological polar surface area (TPSA) is 58.9 Å². The Balaban J connectivity index is 2.85. The largest absolute Gasteiger partial charge is 0.478 e. The van der Waals surface area contributed by atoms with E-state index < -0.39 is 5.97 Å². The molecule has 0 atom stereocenters. The molecule has 0 spiro atoms. The van der Waals surface area contributed by atoms with E-state index in [1.165, 1.54) is 18.5 Å². The van der Waals surface area contributed by atoms with Gasteiger partial charge in [0, 0.05) is 7.05 Å². The van der Waals surface area contributed by atoms with Crippen LogP contribution in [0.4, 0.5) is 0 Å². The molecule has 0 saturated carbocycles. The van der Waals surface area contributed by atoms with Crippen molar-refractivity contribution in [2.24, 2.45) is 4.99 Å². The van der Waals surface area contributed by atoms with Crippen LogP contribution in [0.25, 0.3) is 0 Å². The van der Waals surface area contributed by atoms with Gasteiger partial charge in [-0.2, -0.15) is 0 Å². The smallest absolute Gasteiger partial charge is 0.335 e.